The molecule has 1 saturated carbocycles. The zero-order chi connectivity index (χ0) is 54.6. The molecule has 7 aliphatic rings. The fourth-order valence-corrected chi connectivity index (χ4v) is 13.7. The molecule has 0 bridgehead atoms. The second-order valence-electron chi connectivity index (χ2n) is 22.7. The van der Waals surface area contributed by atoms with Gasteiger partial charge in [-0.25, -0.2) is 19.0 Å². The summed E-state index contributed by atoms with van der Waals surface area (Å²) >= 11 is 1.60. The third-order valence-electron chi connectivity index (χ3n) is 16.3. The maximum absolute atomic E-state index is 17.1. The van der Waals surface area contributed by atoms with Crippen LogP contribution in [0.4, 0.5) is 14.0 Å². The number of carbonyl (C=O) groups is 4. The molecular formula is C59H73FN8O8S. The van der Waals surface area contributed by atoms with Crippen molar-refractivity contribution in [1.29, 1.82) is 0 Å². The SMILES string of the molecule is CC.COC(=O)NC(C(=O)N1[C@@H]2C[C@@H]2C[C@H]1C1=NC=C(c2ccc3c(c2)cc2n3C(c3cnc(CC(C)C)s3)Oc3cc(C4=CN=C([C@@H]5CCCN5C(=O)[C@@H](NC(=O)OC)C(C)C)C4)cc(F)c3-2)C1)C1CCOC(C)(C)C1. The minimum absolute atomic E-state index is 0.0850. The standard InChI is InChI=1S/C57H67FN8O8S.C2H6/c1-29(2)16-48-61-28-47(75-48)54-66-41-12-11-31(36-19-40(60-26-36)44-22-35-21-43(35)65(44)53(68)51(63-56(70)72-8)32-13-15-73-57(5,6)25-32)17-34(41)23-45(66)49-38(58)18-33(24-46(49)74-54)37-20-39(59-27-37)42-10-9-14-64(42)52(67)50(30(3)4)62-55(69)71-7;1-2/h11-12,17-18,23-24,26-30,32,35,42-44,50-51,54H,9-10,13-16,19-22,25H2,1-8H3,(H,62,69)(H,63,70);1-2H3/t32?,35-,42+,43-,44+,50+,51?,54?;/m1./s1. The number of aromatic nitrogens is 2. The Morgan fingerprint density at radius 1 is 0.883 bits per heavy atom. The molecule has 8 heterocycles. The van der Waals surface area contributed by atoms with Gasteiger partial charge in [0.1, 0.15) is 23.7 Å². The number of halogens is 1. The van der Waals surface area contributed by atoms with Gasteiger partial charge >= 0.3 is 12.2 Å². The Morgan fingerprint density at radius 3 is 2.30 bits per heavy atom. The van der Waals surface area contributed by atoms with Gasteiger partial charge in [-0.15, -0.1) is 11.3 Å². The highest BCUT2D eigenvalue weighted by atomic mass is 32.1. The molecule has 0 radical (unpaired) electrons. The average molecular weight is 1070 g/mol. The third kappa shape index (κ3) is 10.6. The first kappa shape index (κ1) is 54.0. The van der Waals surface area contributed by atoms with Crippen molar-refractivity contribution in [2.75, 3.05) is 27.4 Å². The van der Waals surface area contributed by atoms with Crippen molar-refractivity contribution < 1.29 is 42.5 Å². The lowest BCUT2D eigenvalue weighted by molar-refractivity contribution is -0.139. The van der Waals surface area contributed by atoms with Crippen molar-refractivity contribution >= 4 is 68.8 Å². The Labute approximate surface area is 454 Å². The minimum Gasteiger partial charge on any atom is -0.464 e. The molecule has 3 unspecified atom stereocenters. The van der Waals surface area contributed by atoms with E-state index in [2.05, 4.69) is 47.2 Å². The van der Waals surface area contributed by atoms with Gasteiger partial charge < -0.3 is 39.4 Å². The largest absolute Gasteiger partial charge is 0.464 e. The number of hydrogen-bond acceptors (Lipinski definition) is 12. The number of alkyl carbamates (subject to hydrolysis) is 2. The lowest BCUT2D eigenvalue weighted by Gasteiger charge is -2.40. The minimum atomic E-state index is -0.748. The summed E-state index contributed by atoms with van der Waals surface area (Å²) in [6.07, 6.45) is 10.1. The quantitative estimate of drug-likeness (QED) is 0.132. The molecule has 2 N–H and O–H groups in total. The third-order valence-corrected chi connectivity index (χ3v) is 17.3. The van der Waals surface area contributed by atoms with Crippen molar-refractivity contribution in [3.05, 3.63) is 81.8 Å². The highest BCUT2D eigenvalue weighted by Gasteiger charge is 2.57. The molecule has 4 amide bonds. The molecule has 16 nitrogen and oxygen atoms in total. The smallest absolute Gasteiger partial charge is 0.407 e. The molecule has 8 atom stereocenters. The predicted octanol–water partition coefficient (Wildman–Crippen LogP) is 10.7. The summed E-state index contributed by atoms with van der Waals surface area (Å²) in [7, 11) is 2.60. The van der Waals surface area contributed by atoms with Gasteiger partial charge in [0.2, 0.25) is 18.0 Å². The number of benzene rings is 2. The molecule has 4 fully saturated rings. The van der Waals surface area contributed by atoms with E-state index in [1.165, 1.54) is 14.2 Å². The van der Waals surface area contributed by atoms with Crippen molar-refractivity contribution in [2.24, 2.45) is 33.7 Å². The number of carbonyl (C=O) groups excluding carboxylic acids is 4. The Balaban J connectivity index is 0.00000332. The fourth-order valence-electron chi connectivity index (χ4n) is 12.5. The van der Waals surface area contributed by atoms with Crippen LogP contribution in [0.15, 0.2) is 65.0 Å². The first-order valence-corrected chi connectivity index (χ1v) is 28.4. The van der Waals surface area contributed by atoms with Crippen LogP contribution in [-0.2, 0) is 30.2 Å². The van der Waals surface area contributed by atoms with E-state index in [4.69, 9.17) is 33.9 Å². The molecule has 410 valence electrons. The van der Waals surface area contributed by atoms with Crippen LogP contribution in [0.25, 0.3) is 33.3 Å². The molecule has 18 heteroatoms. The molecular weight excluding hydrogens is 1000 g/mol. The summed E-state index contributed by atoms with van der Waals surface area (Å²) in [6.45, 7) is 17.2. The van der Waals surface area contributed by atoms with Crippen LogP contribution >= 0.6 is 11.3 Å². The number of nitrogens with zero attached hydrogens (tertiary/aromatic N) is 6. The van der Waals surface area contributed by atoms with Gasteiger partial charge in [-0.1, -0.05) is 47.6 Å². The van der Waals surface area contributed by atoms with E-state index >= 15 is 4.39 Å². The van der Waals surface area contributed by atoms with Crippen LogP contribution in [0.3, 0.4) is 0 Å². The van der Waals surface area contributed by atoms with Crippen molar-refractivity contribution in [2.45, 2.75) is 155 Å². The molecule has 3 saturated heterocycles. The molecule has 2 aromatic heterocycles. The fraction of sp³-hybridized carbons (Fsp3) is 0.542. The number of allylic oxidation sites excluding steroid dienone is 2. The first-order chi connectivity index (χ1) is 37.0. The Hall–Kier alpha value is -6.40. The number of methoxy groups -OCH3 is 2. The summed E-state index contributed by atoms with van der Waals surface area (Å²) in [4.78, 5) is 72.9. The maximum atomic E-state index is 17.1. The van der Waals surface area contributed by atoms with Gasteiger partial charge in [0.25, 0.3) is 0 Å². The normalized spacial score (nSPS) is 24.6. The van der Waals surface area contributed by atoms with E-state index < -0.39 is 41.9 Å². The van der Waals surface area contributed by atoms with Gasteiger partial charge in [0.05, 0.1) is 58.6 Å². The molecule has 1 aliphatic carbocycles. The van der Waals surface area contributed by atoms with Gasteiger partial charge in [0, 0.05) is 73.9 Å². The first-order valence-electron chi connectivity index (χ1n) is 27.6. The number of ether oxygens (including phenoxy) is 4. The van der Waals surface area contributed by atoms with Crippen LogP contribution in [0.5, 0.6) is 5.75 Å². The van der Waals surface area contributed by atoms with Crippen molar-refractivity contribution in [3.8, 4) is 17.0 Å². The number of rotatable bonds is 13. The average Bonchev–Trinajstić information content (AvgIpc) is 4.25. The predicted molar refractivity (Wildman–Crippen MR) is 296 cm³/mol. The zero-order valence-electron chi connectivity index (χ0n) is 46.0. The second-order valence-corrected chi connectivity index (χ2v) is 23.9. The van der Waals surface area contributed by atoms with Crippen molar-refractivity contribution in [3.63, 3.8) is 0 Å². The molecule has 0 spiro atoms. The highest BCUT2D eigenvalue weighted by Crippen LogP contribution is 2.51. The topological polar surface area (TPSA) is 178 Å². The Kier molecular flexibility index (Phi) is 15.3. The summed E-state index contributed by atoms with van der Waals surface area (Å²) < 4.78 is 41.9. The molecule has 6 aliphatic heterocycles. The van der Waals surface area contributed by atoms with Gasteiger partial charge in [-0.3, -0.25) is 24.1 Å². The number of likely N-dealkylation sites (tertiary alicyclic amines) is 2. The lowest BCUT2D eigenvalue weighted by Crippen LogP contribution is -2.57. The number of thiazole rings is 1. The summed E-state index contributed by atoms with van der Waals surface area (Å²) in [6, 6.07) is 10.00. The number of aliphatic imine (C=N–C) groups is 2. The number of fused-ring (bicyclic) bond motifs is 6. The summed E-state index contributed by atoms with van der Waals surface area (Å²) in [5.41, 5.74) is 6.75. The number of nitrogens with one attached hydrogen (secondary N) is 2. The summed E-state index contributed by atoms with van der Waals surface area (Å²) in [5.74, 6) is 0.276. The molecule has 11 rings (SSSR count). The Bertz CT molecular complexity index is 3100. The Morgan fingerprint density at radius 2 is 1.60 bits per heavy atom. The van der Waals surface area contributed by atoms with Gasteiger partial charge in [-0.2, -0.15) is 0 Å². The number of amides is 4. The van der Waals surface area contributed by atoms with E-state index in [1.807, 2.05) is 75.9 Å². The maximum Gasteiger partial charge on any atom is 0.407 e. The molecule has 2 aromatic carbocycles. The van der Waals surface area contributed by atoms with Crippen LogP contribution in [-0.4, -0.2) is 118 Å². The lowest BCUT2D eigenvalue weighted by atomic mass is 9.82. The van der Waals surface area contributed by atoms with Crippen LogP contribution in [0, 0.1) is 29.5 Å². The van der Waals surface area contributed by atoms with Crippen LogP contribution in [0.2, 0.25) is 0 Å². The van der Waals surface area contributed by atoms with E-state index in [-0.39, 0.29) is 41.8 Å². The van der Waals surface area contributed by atoms with Crippen molar-refractivity contribution in [1.82, 2.24) is 30.0 Å². The van der Waals surface area contributed by atoms with E-state index in [1.54, 1.807) is 23.6 Å². The zero-order valence-corrected chi connectivity index (χ0v) is 46.8. The monoisotopic (exact) mass is 1070 g/mol. The van der Waals surface area contributed by atoms with Gasteiger partial charge in [0.15, 0.2) is 0 Å². The van der Waals surface area contributed by atoms with E-state index in [0.717, 1.165) is 81.0 Å². The highest BCUT2D eigenvalue weighted by molar-refractivity contribution is 7.11. The molecule has 77 heavy (non-hydrogen) atoms. The number of hydrogen-bond donors (Lipinski definition) is 2. The van der Waals surface area contributed by atoms with E-state index in [0.29, 0.717) is 73.2 Å². The van der Waals surface area contributed by atoms with Crippen LogP contribution in [0.1, 0.15) is 134 Å². The van der Waals surface area contributed by atoms with E-state index in [9.17, 15) is 19.2 Å². The molecule has 4 aromatic rings. The van der Waals surface area contributed by atoms with Gasteiger partial charge in [-0.05, 0) is 129 Å². The second kappa shape index (κ2) is 21.8. The van der Waals surface area contributed by atoms with Crippen LogP contribution < -0.4 is 15.4 Å². The summed E-state index contributed by atoms with van der Waals surface area (Å²) in [5, 5.41) is 7.55. The number of piperidine rings is 1.